The van der Waals surface area contributed by atoms with E-state index < -0.39 is 5.82 Å². The number of aryl methyl sites for hydroxylation is 2. The first-order chi connectivity index (χ1) is 16.9. The minimum absolute atomic E-state index is 0.197. The second-order valence-electron chi connectivity index (χ2n) is 8.65. The zero-order chi connectivity index (χ0) is 24.7. The Bertz CT molecular complexity index is 1470. The summed E-state index contributed by atoms with van der Waals surface area (Å²) in [6, 6.07) is 8.13. The van der Waals surface area contributed by atoms with Gasteiger partial charge in [-0.3, -0.25) is 14.0 Å². The van der Waals surface area contributed by atoms with Crippen LogP contribution in [0, 0.1) is 12.7 Å². The molecule has 1 fully saturated rings. The lowest BCUT2D eigenvalue weighted by molar-refractivity contribution is 0.0343. The van der Waals surface area contributed by atoms with Crippen LogP contribution in [-0.2, 0) is 18.3 Å². The van der Waals surface area contributed by atoms with Gasteiger partial charge in [0.25, 0.3) is 5.56 Å². The standard InChI is InChI=1S/C25H26ClFN6O2/c1-4-9-33-15(2)29-19-13-22(32-10-11-35-21(14-32)20-7-8-28-31(20)3)30-24(23(19)25(33)34)17-6-5-16(26)12-18(17)27/h5-8,12-13,21H,4,9-11,14H2,1-3H3/t21-/m1/s1. The van der Waals surface area contributed by atoms with Crippen LogP contribution in [0.5, 0.6) is 0 Å². The van der Waals surface area contributed by atoms with Gasteiger partial charge in [-0.1, -0.05) is 18.5 Å². The number of hydrogen-bond acceptors (Lipinski definition) is 6. The zero-order valence-electron chi connectivity index (χ0n) is 19.8. The number of anilines is 1. The summed E-state index contributed by atoms with van der Waals surface area (Å²) in [5.74, 6) is 0.677. The van der Waals surface area contributed by atoms with Gasteiger partial charge in [0.2, 0.25) is 0 Å². The van der Waals surface area contributed by atoms with Gasteiger partial charge < -0.3 is 9.64 Å². The van der Waals surface area contributed by atoms with Gasteiger partial charge in [0.1, 0.15) is 23.6 Å². The van der Waals surface area contributed by atoms with Crippen molar-refractivity contribution >= 4 is 28.3 Å². The molecule has 0 radical (unpaired) electrons. The Balaban J connectivity index is 1.69. The fraction of sp³-hybridized carbons (Fsp3) is 0.360. The average Bonchev–Trinajstić information content (AvgIpc) is 3.27. The molecule has 1 aliphatic heterocycles. The second-order valence-corrected chi connectivity index (χ2v) is 9.08. The summed E-state index contributed by atoms with van der Waals surface area (Å²) in [6.45, 7) is 5.95. The Kier molecular flexibility index (Phi) is 6.29. The van der Waals surface area contributed by atoms with Crippen molar-refractivity contribution in [1.82, 2.24) is 24.3 Å². The number of morpholine rings is 1. The Labute approximate surface area is 206 Å². The molecule has 0 unspecified atom stereocenters. The molecule has 10 heteroatoms. The van der Waals surface area contributed by atoms with E-state index in [4.69, 9.17) is 26.3 Å². The van der Waals surface area contributed by atoms with Gasteiger partial charge >= 0.3 is 0 Å². The molecule has 4 aromatic rings. The molecule has 0 spiro atoms. The number of ether oxygens (including phenoxy) is 1. The van der Waals surface area contributed by atoms with Gasteiger partial charge in [-0.05, 0) is 37.6 Å². The molecule has 0 N–H and O–H groups in total. The summed E-state index contributed by atoms with van der Waals surface area (Å²) in [5.41, 5.74) is 1.68. The van der Waals surface area contributed by atoms with Gasteiger partial charge in [-0.15, -0.1) is 0 Å². The fourth-order valence-corrected chi connectivity index (χ4v) is 4.75. The molecule has 0 amide bonds. The summed E-state index contributed by atoms with van der Waals surface area (Å²) in [5, 5.41) is 4.82. The summed E-state index contributed by atoms with van der Waals surface area (Å²) in [7, 11) is 1.88. The van der Waals surface area contributed by atoms with Gasteiger partial charge in [-0.2, -0.15) is 5.10 Å². The maximum absolute atomic E-state index is 15.1. The highest BCUT2D eigenvalue weighted by molar-refractivity contribution is 6.30. The zero-order valence-corrected chi connectivity index (χ0v) is 20.6. The summed E-state index contributed by atoms with van der Waals surface area (Å²) < 4.78 is 24.5. The second kappa shape index (κ2) is 9.39. The number of nitrogens with zero attached hydrogens (tertiary/aromatic N) is 6. The van der Waals surface area contributed by atoms with Gasteiger partial charge in [-0.25, -0.2) is 14.4 Å². The molecule has 8 nitrogen and oxygen atoms in total. The van der Waals surface area contributed by atoms with Crippen LogP contribution >= 0.6 is 11.6 Å². The van der Waals surface area contributed by atoms with Gasteiger partial charge in [0, 0.05) is 43.0 Å². The van der Waals surface area contributed by atoms with Crippen LogP contribution in [0.25, 0.3) is 22.2 Å². The predicted octanol–water partition coefficient (Wildman–Crippen LogP) is 4.28. The third-order valence-electron chi connectivity index (χ3n) is 6.33. The largest absolute Gasteiger partial charge is 0.368 e. The molecular formula is C25H26ClFN6O2. The third-order valence-corrected chi connectivity index (χ3v) is 6.56. The summed E-state index contributed by atoms with van der Waals surface area (Å²) in [4.78, 5) is 25.2. The highest BCUT2D eigenvalue weighted by atomic mass is 35.5. The van der Waals surface area contributed by atoms with E-state index in [9.17, 15) is 4.79 Å². The van der Waals surface area contributed by atoms with Crippen molar-refractivity contribution in [1.29, 1.82) is 0 Å². The van der Waals surface area contributed by atoms with Crippen molar-refractivity contribution in [2.24, 2.45) is 7.05 Å². The minimum Gasteiger partial charge on any atom is -0.368 e. The van der Waals surface area contributed by atoms with E-state index in [1.807, 2.05) is 33.0 Å². The average molecular weight is 497 g/mol. The van der Waals surface area contributed by atoms with Crippen LogP contribution in [0.3, 0.4) is 0 Å². The quantitative estimate of drug-likeness (QED) is 0.410. The van der Waals surface area contributed by atoms with E-state index in [0.717, 1.165) is 12.1 Å². The molecule has 182 valence electrons. The van der Waals surface area contributed by atoms with Crippen LogP contribution in [0.15, 0.2) is 41.3 Å². The molecule has 0 saturated carbocycles. The highest BCUT2D eigenvalue weighted by Gasteiger charge is 2.27. The minimum atomic E-state index is -0.541. The maximum Gasteiger partial charge on any atom is 0.263 e. The molecule has 4 heterocycles. The van der Waals surface area contributed by atoms with E-state index in [1.54, 1.807) is 27.6 Å². The van der Waals surface area contributed by atoms with Gasteiger partial charge in [0.05, 0.1) is 35.4 Å². The molecule has 0 aliphatic carbocycles. The van der Waals surface area contributed by atoms with Crippen molar-refractivity contribution in [3.63, 3.8) is 0 Å². The Morgan fingerprint density at radius 1 is 1.23 bits per heavy atom. The lowest BCUT2D eigenvalue weighted by Gasteiger charge is -2.34. The van der Waals surface area contributed by atoms with Crippen LogP contribution in [0.2, 0.25) is 5.02 Å². The number of aromatic nitrogens is 5. The van der Waals surface area contributed by atoms with E-state index in [1.165, 1.54) is 6.07 Å². The molecule has 0 bridgehead atoms. The SMILES string of the molecule is CCCn1c(C)nc2cc(N3CCO[C@@H](c4ccnn4C)C3)nc(-c3ccc(Cl)cc3F)c2c1=O. The van der Waals surface area contributed by atoms with Crippen LogP contribution in [0.4, 0.5) is 10.2 Å². The van der Waals surface area contributed by atoms with Crippen molar-refractivity contribution in [3.8, 4) is 11.3 Å². The molecule has 35 heavy (non-hydrogen) atoms. The monoisotopic (exact) mass is 496 g/mol. The predicted molar refractivity (Wildman–Crippen MR) is 133 cm³/mol. The molecule has 5 rings (SSSR count). The Morgan fingerprint density at radius 3 is 2.77 bits per heavy atom. The molecule has 1 atom stereocenters. The fourth-order valence-electron chi connectivity index (χ4n) is 4.60. The highest BCUT2D eigenvalue weighted by Crippen LogP contribution is 2.33. The summed E-state index contributed by atoms with van der Waals surface area (Å²) >= 11 is 6.00. The van der Waals surface area contributed by atoms with Crippen LogP contribution < -0.4 is 10.5 Å². The van der Waals surface area contributed by atoms with E-state index >= 15 is 4.39 Å². The smallest absolute Gasteiger partial charge is 0.263 e. The molecular weight excluding hydrogens is 471 g/mol. The Morgan fingerprint density at radius 2 is 2.06 bits per heavy atom. The van der Waals surface area contributed by atoms with Gasteiger partial charge in [0.15, 0.2) is 0 Å². The molecule has 3 aromatic heterocycles. The van der Waals surface area contributed by atoms with Crippen LogP contribution in [0.1, 0.15) is 31.0 Å². The van der Waals surface area contributed by atoms with E-state index in [2.05, 4.69) is 10.00 Å². The number of benzene rings is 1. The van der Waals surface area contributed by atoms with Crippen molar-refractivity contribution in [2.75, 3.05) is 24.6 Å². The first-order valence-electron chi connectivity index (χ1n) is 11.6. The van der Waals surface area contributed by atoms with E-state index in [0.29, 0.717) is 48.8 Å². The number of hydrogen-bond donors (Lipinski definition) is 0. The van der Waals surface area contributed by atoms with Crippen molar-refractivity contribution in [3.05, 3.63) is 69.2 Å². The third kappa shape index (κ3) is 4.30. The molecule has 1 aliphatic rings. The summed E-state index contributed by atoms with van der Waals surface area (Å²) in [6.07, 6.45) is 2.31. The maximum atomic E-state index is 15.1. The number of pyridine rings is 1. The number of rotatable bonds is 5. The normalized spacial score (nSPS) is 16.3. The van der Waals surface area contributed by atoms with Crippen molar-refractivity contribution < 1.29 is 9.13 Å². The van der Waals surface area contributed by atoms with E-state index in [-0.39, 0.29) is 27.9 Å². The lowest BCUT2D eigenvalue weighted by atomic mass is 10.1. The topological polar surface area (TPSA) is 78.1 Å². The van der Waals surface area contributed by atoms with Crippen molar-refractivity contribution in [2.45, 2.75) is 32.9 Å². The molecule has 1 saturated heterocycles. The first kappa shape index (κ1) is 23.4. The molecule has 1 aromatic carbocycles. The van der Waals surface area contributed by atoms with Crippen LogP contribution in [-0.4, -0.2) is 44.0 Å². The lowest BCUT2D eigenvalue weighted by Crippen LogP contribution is -2.39. The number of halogens is 2. The Hall–Kier alpha value is -3.30. The first-order valence-corrected chi connectivity index (χ1v) is 12.0. The number of fused-ring (bicyclic) bond motifs is 1.